The maximum absolute atomic E-state index is 12.2. The molecule has 1 aromatic carbocycles. The van der Waals surface area contributed by atoms with Crippen LogP contribution in [0.3, 0.4) is 0 Å². The van der Waals surface area contributed by atoms with Crippen LogP contribution in [-0.2, 0) is 11.2 Å². The highest BCUT2D eigenvalue weighted by Gasteiger charge is 2.37. The maximum Gasteiger partial charge on any atom is 0.240 e. The van der Waals surface area contributed by atoms with Crippen LogP contribution in [0.25, 0.3) is 0 Å². The zero-order chi connectivity index (χ0) is 14.6. The number of carbonyl (C=O) groups excluding carboxylic acids is 1. The minimum atomic E-state index is -0.622. The second kappa shape index (κ2) is 5.96. The summed E-state index contributed by atoms with van der Waals surface area (Å²) >= 11 is 0. The number of hydrogen-bond acceptors (Lipinski definition) is 2. The van der Waals surface area contributed by atoms with Gasteiger partial charge in [-0.2, -0.15) is 0 Å². The molecule has 1 aromatic rings. The predicted octanol–water partition coefficient (Wildman–Crippen LogP) is 2.64. The highest BCUT2D eigenvalue weighted by Crippen LogP contribution is 2.28. The molecule has 1 aliphatic rings. The van der Waals surface area contributed by atoms with E-state index in [2.05, 4.69) is 43.4 Å². The van der Waals surface area contributed by atoms with E-state index in [-0.39, 0.29) is 11.3 Å². The highest BCUT2D eigenvalue weighted by molar-refractivity contribution is 5.86. The number of carbonyl (C=O) groups is 1. The lowest BCUT2D eigenvalue weighted by atomic mass is 9.85. The van der Waals surface area contributed by atoms with Crippen LogP contribution < -0.4 is 11.1 Å². The van der Waals surface area contributed by atoms with Crippen LogP contribution in [0.4, 0.5) is 0 Å². The van der Waals surface area contributed by atoms with Crippen molar-refractivity contribution in [3.05, 3.63) is 35.9 Å². The first kappa shape index (κ1) is 15.0. The van der Waals surface area contributed by atoms with E-state index in [1.54, 1.807) is 0 Å². The molecule has 0 spiro atoms. The summed E-state index contributed by atoms with van der Waals surface area (Å²) in [6.07, 6.45) is 4.72. The van der Waals surface area contributed by atoms with Crippen molar-refractivity contribution >= 4 is 5.91 Å². The van der Waals surface area contributed by atoms with E-state index in [9.17, 15) is 4.79 Å². The van der Waals surface area contributed by atoms with E-state index in [0.29, 0.717) is 6.54 Å². The Bertz CT molecular complexity index is 447. The topological polar surface area (TPSA) is 55.1 Å². The normalized spacial score (nSPS) is 17.9. The number of nitrogens with one attached hydrogen (secondary N) is 1. The minimum Gasteiger partial charge on any atom is -0.354 e. The molecular formula is C17H26N2O. The van der Waals surface area contributed by atoms with Gasteiger partial charge in [-0.25, -0.2) is 0 Å². The summed E-state index contributed by atoms with van der Waals surface area (Å²) in [5, 5.41) is 3.06. The molecule has 0 atom stereocenters. The zero-order valence-electron chi connectivity index (χ0n) is 12.6. The van der Waals surface area contributed by atoms with Gasteiger partial charge in [0.2, 0.25) is 5.91 Å². The summed E-state index contributed by atoms with van der Waals surface area (Å²) in [7, 11) is 0. The Labute approximate surface area is 121 Å². The molecule has 110 valence electrons. The lowest BCUT2D eigenvalue weighted by molar-refractivity contribution is -0.126. The van der Waals surface area contributed by atoms with Crippen LogP contribution in [0.5, 0.6) is 0 Å². The monoisotopic (exact) mass is 274 g/mol. The number of amides is 1. The lowest BCUT2D eigenvalue weighted by Gasteiger charge is -2.29. The summed E-state index contributed by atoms with van der Waals surface area (Å²) in [4.78, 5) is 12.2. The van der Waals surface area contributed by atoms with Gasteiger partial charge in [-0.05, 0) is 30.2 Å². The Morgan fingerprint density at radius 2 is 1.85 bits per heavy atom. The lowest BCUT2D eigenvalue weighted by Crippen LogP contribution is -2.53. The van der Waals surface area contributed by atoms with E-state index in [1.165, 1.54) is 5.56 Å². The van der Waals surface area contributed by atoms with Crippen molar-refractivity contribution in [1.29, 1.82) is 0 Å². The molecule has 1 aliphatic carbocycles. The average molecular weight is 274 g/mol. The Kier molecular flexibility index (Phi) is 4.48. The van der Waals surface area contributed by atoms with Gasteiger partial charge >= 0.3 is 0 Å². The second-order valence-electron chi connectivity index (χ2n) is 6.87. The van der Waals surface area contributed by atoms with Gasteiger partial charge in [0.1, 0.15) is 0 Å². The summed E-state index contributed by atoms with van der Waals surface area (Å²) in [5.74, 6) is 0.0242. The Morgan fingerprint density at radius 1 is 1.25 bits per heavy atom. The first-order chi connectivity index (χ1) is 9.41. The van der Waals surface area contributed by atoms with Gasteiger partial charge in [-0.1, -0.05) is 57.0 Å². The van der Waals surface area contributed by atoms with Crippen molar-refractivity contribution < 1.29 is 4.79 Å². The van der Waals surface area contributed by atoms with Gasteiger partial charge in [0, 0.05) is 6.54 Å². The summed E-state index contributed by atoms with van der Waals surface area (Å²) in [6.45, 7) is 5.02. The van der Waals surface area contributed by atoms with Crippen molar-refractivity contribution in [3.8, 4) is 0 Å². The van der Waals surface area contributed by atoms with Crippen LogP contribution >= 0.6 is 0 Å². The zero-order valence-corrected chi connectivity index (χ0v) is 12.6. The van der Waals surface area contributed by atoms with Crippen LogP contribution in [-0.4, -0.2) is 18.0 Å². The molecule has 0 heterocycles. The molecule has 0 aliphatic heterocycles. The van der Waals surface area contributed by atoms with Crippen molar-refractivity contribution in [1.82, 2.24) is 5.32 Å². The molecule has 1 fully saturated rings. The van der Waals surface area contributed by atoms with Crippen LogP contribution in [0, 0.1) is 5.41 Å². The molecule has 0 radical (unpaired) electrons. The molecule has 3 heteroatoms. The van der Waals surface area contributed by atoms with E-state index < -0.39 is 5.54 Å². The molecule has 3 N–H and O–H groups in total. The fourth-order valence-corrected chi connectivity index (χ4v) is 2.94. The third-order valence-corrected chi connectivity index (χ3v) is 4.20. The Morgan fingerprint density at radius 3 is 2.45 bits per heavy atom. The maximum atomic E-state index is 12.2. The molecular weight excluding hydrogens is 248 g/mol. The van der Waals surface area contributed by atoms with E-state index >= 15 is 0 Å². The minimum absolute atomic E-state index is 0.0242. The first-order valence-electron chi connectivity index (χ1n) is 7.52. The Balaban J connectivity index is 1.87. The van der Waals surface area contributed by atoms with Gasteiger partial charge in [-0.15, -0.1) is 0 Å². The standard InChI is InChI=1S/C17H26N2O/c1-16(2,12-14-8-4-3-5-9-14)13-19-15(20)17(18)10-6-7-11-17/h3-5,8-9H,6-7,10-13,18H2,1-2H3,(H,19,20). The van der Waals surface area contributed by atoms with E-state index in [0.717, 1.165) is 32.1 Å². The smallest absolute Gasteiger partial charge is 0.240 e. The highest BCUT2D eigenvalue weighted by atomic mass is 16.2. The first-order valence-corrected chi connectivity index (χ1v) is 7.52. The number of benzene rings is 1. The van der Waals surface area contributed by atoms with Gasteiger partial charge in [-0.3, -0.25) is 4.79 Å². The molecule has 1 amide bonds. The van der Waals surface area contributed by atoms with Gasteiger partial charge in [0.25, 0.3) is 0 Å². The van der Waals surface area contributed by atoms with Gasteiger partial charge in [0.05, 0.1) is 5.54 Å². The summed E-state index contributed by atoms with van der Waals surface area (Å²) in [6, 6.07) is 10.4. The third kappa shape index (κ3) is 3.83. The number of nitrogens with two attached hydrogens (primary N) is 1. The van der Waals surface area contributed by atoms with Gasteiger partial charge < -0.3 is 11.1 Å². The molecule has 0 aromatic heterocycles. The second-order valence-corrected chi connectivity index (χ2v) is 6.87. The number of hydrogen-bond donors (Lipinski definition) is 2. The summed E-state index contributed by atoms with van der Waals surface area (Å²) < 4.78 is 0. The van der Waals surface area contributed by atoms with Crippen molar-refractivity contribution in [2.75, 3.05) is 6.54 Å². The van der Waals surface area contributed by atoms with Crippen LogP contribution in [0.15, 0.2) is 30.3 Å². The molecule has 1 saturated carbocycles. The number of rotatable bonds is 5. The molecule has 20 heavy (non-hydrogen) atoms. The largest absolute Gasteiger partial charge is 0.354 e. The molecule has 3 nitrogen and oxygen atoms in total. The van der Waals surface area contributed by atoms with Crippen LogP contribution in [0.1, 0.15) is 45.1 Å². The fraction of sp³-hybridized carbons (Fsp3) is 0.588. The fourth-order valence-electron chi connectivity index (χ4n) is 2.94. The van der Waals surface area contributed by atoms with Crippen molar-refractivity contribution in [2.24, 2.45) is 11.1 Å². The van der Waals surface area contributed by atoms with Crippen molar-refractivity contribution in [2.45, 2.75) is 51.5 Å². The third-order valence-electron chi connectivity index (χ3n) is 4.20. The molecule has 0 bridgehead atoms. The predicted molar refractivity (Wildman–Crippen MR) is 82.3 cm³/mol. The Hall–Kier alpha value is -1.35. The average Bonchev–Trinajstić information content (AvgIpc) is 2.85. The SMILES string of the molecule is CC(C)(CNC(=O)C1(N)CCCC1)Cc1ccccc1. The van der Waals surface area contributed by atoms with E-state index in [4.69, 9.17) is 5.73 Å². The van der Waals surface area contributed by atoms with Gasteiger partial charge in [0.15, 0.2) is 0 Å². The molecule has 0 unspecified atom stereocenters. The quantitative estimate of drug-likeness (QED) is 0.867. The molecule has 0 saturated heterocycles. The van der Waals surface area contributed by atoms with E-state index in [1.807, 2.05) is 6.07 Å². The van der Waals surface area contributed by atoms with Crippen molar-refractivity contribution in [3.63, 3.8) is 0 Å². The molecule has 2 rings (SSSR count). The summed E-state index contributed by atoms with van der Waals surface area (Å²) in [5.41, 5.74) is 6.88. The van der Waals surface area contributed by atoms with Crippen LogP contribution in [0.2, 0.25) is 0 Å².